The smallest absolute Gasteiger partial charge is 0.255 e. The lowest BCUT2D eigenvalue weighted by Crippen LogP contribution is -2.13. The van der Waals surface area contributed by atoms with Crippen molar-refractivity contribution in [3.63, 3.8) is 0 Å². The Bertz CT molecular complexity index is 761. The van der Waals surface area contributed by atoms with Gasteiger partial charge in [-0.25, -0.2) is 0 Å². The molecule has 1 aliphatic rings. The Hall–Kier alpha value is -1.43. The molecule has 25 heavy (non-hydrogen) atoms. The van der Waals surface area contributed by atoms with E-state index in [9.17, 15) is 4.79 Å². The third kappa shape index (κ3) is 4.81. The number of rotatable bonds is 7. The molecule has 0 atom stereocenters. The number of anilines is 1. The molecule has 1 N–H and O–H groups in total. The first-order chi connectivity index (χ1) is 12.1. The van der Waals surface area contributed by atoms with Gasteiger partial charge in [0.2, 0.25) is 0 Å². The van der Waals surface area contributed by atoms with Gasteiger partial charge in [-0.1, -0.05) is 30.1 Å². The van der Waals surface area contributed by atoms with E-state index in [-0.39, 0.29) is 5.91 Å². The lowest BCUT2D eigenvalue weighted by Gasteiger charge is -2.13. The third-order valence-electron chi connectivity index (χ3n) is 3.77. The van der Waals surface area contributed by atoms with Gasteiger partial charge >= 0.3 is 0 Å². The van der Waals surface area contributed by atoms with E-state index in [2.05, 4.69) is 17.2 Å². The molecule has 0 bridgehead atoms. The molecule has 7 heteroatoms. The molecule has 1 fully saturated rings. The van der Waals surface area contributed by atoms with E-state index in [0.29, 0.717) is 33.8 Å². The highest BCUT2D eigenvalue weighted by molar-refractivity contribution is 7.99. The number of hydrogen-bond acceptors (Lipinski definition) is 4. The number of thioether (sulfide) groups is 1. The summed E-state index contributed by atoms with van der Waals surface area (Å²) in [5, 5.41) is 3.34. The fourth-order valence-corrected chi connectivity index (χ4v) is 3.44. The zero-order valence-corrected chi connectivity index (χ0v) is 16.0. The molecule has 132 valence electrons. The SMILES string of the molecule is CCSc1ccc(C(=O)Nc2c(Cl)cncc2Cl)cc1OCC1CC1. The van der Waals surface area contributed by atoms with Crippen LogP contribution >= 0.6 is 35.0 Å². The maximum atomic E-state index is 12.6. The number of carbonyl (C=O) groups is 1. The molecule has 1 aromatic heterocycles. The molecular weight excluding hydrogens is 379 g/mol. The van der Waals surface area contributed by atoms with Gasteiger partial charge in [-0.15, -0.1) is 11.8 Å². The predicted octanol–water partition coefficient (Wildman–Crippen LogP) is 5.54. The maximum absolute atomic E-state index is 12.6. The van der Waals surface area contributed by atoms with Crippen LogP contribution in [0.3, 0.4) is 0 Å². The van der Waals surface area contributed by atoms with Crippen molar-refractivity contribution in [2.45, 2.75) is 24.7 Å². The molecule has 1 saturated carbocycles. The molecule has 3 rings (SSSR count). The normalized spacial score (nSPS) is 13.6. The van der Waals surface area contributed by atoms with Crippen LogP contribution in [-0.2, 0) is 0 Å². The second-order valence-corrected chi connectivity index (χ2v) is 7.90. The van der Waals surface area contributed by atoms with Gasteiger partial charge in [0, 0.05) is 22.9 Å². The maximum Gasteiger partial charge on any atom is 0.255 e. The highest BCUT2D eigenvalue weighted by Crippen LogP contribution is 2.35. The zero-order chi connectivity index (χ0) is 17.8. The minimum Gasteiger partial charge on any atom is -0.492 e. The Morgan fingerprint density at radius 2 is 2.04 bits per heavy atom. The van der Waals surface area contributed by atoms with Crippen molar-refractivity contribution in [1.29, 1.82) is 0 Å². The number of nitrogens with zero attached hydrogens (tertiary/aromatic N) is 1. The Morgan fingerprint density at radius 3 is 2.68 bits per heavy atom. The minimum absolute atomic E-state index is 0.292. The second-order valence-electron chi connectivity index (χ2n) is 5.78. The number of halogens is 2. The largest absolute Gasteiger partial charge is 0.492 e. The predicted molar refractivity (Wildman–Crippen MR) is 103 cm³/mol. The lowest BCUT2D eigenvalue weighted by atomic mass is 10.2. The Kier molecular flexibility index (Phi) is 6.10. The molecule has 0 unspecified atom stereocenters. The fourth-order valence-electron chi connectivity index (χ4n) is 2.25. The first-order valence-corrected chi connectivity index (χ1v) is 9.82. The summed E-state index contributed by atoms with van der Waals surface area (Å²) in [6.45, 7) is 2.79. The monoisotopic (exact) mass is 396 g/mol. The standard InChI is InChI=1S/C18H18Cl2N2O2S/c1-2-25-16-6-5-12(7-15(16)24-10-11-3-4-11)18(23)22-17-13(19)8-21-9-14(17)20/h5-9,11H,2-4,10H2,1H3,(H,21,22,23). The lowest BCUT2D eigenvalue weighted by molar-refractivity contribution is 0.102. The van der Waals surface area contributed by atoms with Crippen LogP contribution < -0.4 is 10.1 Å². The summed E-state index contributed by atoms with van der Waals surface area (Å²) in [7, 11) is 0. The highest BCUT2D eigenvalue weighted by atomic mass is 35.5. The Balaban J connectivity index is 1.80. The number of aromatic nitrogens is 1. The van der Waals surface area contributed by atoms with E-state index in [1.165, 1.54) is 25.2 Å². The molecule has 1 aliphatic carbocycles. The third-order valence-corrected chi connectivity index (χ3v) is 5.28. The molecule has 0 saturated heterocycles. The summed E-state index contributed by atoms with van der Waals surface area (Å²) in [6, 6.07) is 5.47. The highest BCUT2D eigenvalue weighted by Gasteiger charge is 2.23. The first kappa shape index (κ1) is 18.4. The van der Waals surface area contributed by atoms with Crippen LogP contribution in [0.25, 0.3) is 0 Å². The van der Waals surface area contributed by atoms with E-state index in [1.807, 2.05) is 6.07 Å². The van der Waals surface area contributed by atoms with Crippen LogP contribution in [0.4, 0.5) is 5.69 Å². The van der Waals surface area contributed by atoms with Crippen LogP contribution in [0.5, 0.6) is 5.75 Å². The number of benzene rings is 1. The van der Waals surface area contributed by atoms with Crippen molar-refractivity contribution < 1.29 is 9.53 Å². The van der Waals surface area contributed by atoms with Gasteiger partial charge < -0.3 is 10.1 Å². The summed E-state index contributed by atoms with van der Waals surface area (Å²) < 4.78 is 5.94. The number of nitrogens with one attached hydrogen (secondary N) is 1. The van der Waals surface area contributed by atoms with Gasteiger partial charge in [0.25, 0.3) is 5.91 Å². The molecule has 0 radical (unpaired) electrons. The molecule has 0 aliphatic heterocycles. The van der Waals surface area contributed by atoms with Gasteiger partial charge in [0.1, 0.15) is 5.75 Å². The Labute approximate surface area is 161 Å². The number of hydrogen-bond donors (Lipinski definition) is 1. The molecule has 1 aromatic carbocycles. The van der Waals surface area contributed by atoms with E-state index < -0.39 is 0 Å². The van der Waals surface area contributed by atoms with Gasteiger partial charge in [-0.3, -0.25) is 9.78 Å². The van der Waals surface area contributed by atoms with Crippen LogP contribution in [0, 0.1) is 5.92 Å². The fraction of sp³-hybridized carbons (Fsp3) is 0.333. The van der Waals surface area contributed by atoms with Gasteiger partial charge in [-0.05, 0) is 42.7 Å². The Morgan fingerprint density at radius 1 is 1.32 bits per heavy atom. The zero-order valence-electron chi connectivity index (χ0n) is 13.7. The van der Waals surface area contributed by atoms with Gasteiger partial charge in [-0.2, -0.15) is 0 Å². The van der Waals surface area contributed by atoms with Crippen molar-refractivity contribution in [3.05, 3.63) is 46.2 Å². The van der Waals surface area contributed by atoms with Crippen LogP contribution in [0.1, 0.15) is 30.1 Å². The molecule has 0 spiro atoms. The number of pyridine rings is 1. The van der Waals surface area contributed by atoms with Gasteiger partial charge in [0.15, 0.2) is 0 Å². The summed E-state index contributed by atoms with van der Waals surface area (Å²) in [5.41, 5.74) is 0.853. The summed E-state index contributed by atoms with van der Waals surface area (Å²) >= 11 is 13.8. The van der Waals surface area contributed by atoms with Gasteiger partial charge in [0.05, 0.1) is 22.3 Å². The van der Waals surface area contributed by atoms with Crippen molar-refractivity contribution in [3.8, 4) is 5.75 Å². The summed E-state index contributed by atoms with van der Waals surface area (Å²) in [4.78, 5) is 17.5. The van der Waals surface area contributed by atoms with Crippen molar-refractivity contribution in [1.82, 2.24) is 4.98 Å². The summed E-state index contributed by atoms with van der Waals surface area (Å²) in [5.74, 6) is 2.04. The van der Waals surface area contributed by atoms with E-state index in [4.69, 9.17) is 27.9 Å². The number of amides is 1. The molecule has 1 amide bonds. The molecule has 4 nitrogen and oxygen atoms in total. The van der Waals surface area contributed by atoms with Crippen LogP contribution in [0.15, 0.2) is 35.5 Å². The van der Waals surface area contributed by atoms with Crippen molar-refractivity contribution >= 4 is 46.6 Å². The van der Waals surface area contributed by atoms with Crippen LogP contribution in [0.2, 0.25) is 10.0 Å². The van der Waals surface area contributed by atoms with Crippen molar-refractivity contribution in [2.75, 3.05) is 17.7 Å². The average Bonchev–Trinajstić information content (AvgIpc) is 3.42. The molecular formula is C18H18Cl2N2O2S. The van der Waals surface area contributed by atoms with E-state index in [0.717, 1.165) is 16.4 Å². The van der Waals surface area contributed by atoms with Crippen molar-refractivity contribution in [2.24, 2.45) is 5.92 Å². The second kappa shape index (κ2) is 8.30. The topological polar surface area (TPSA) is 51.2 Å². The minimum atomic E-state index is -0.292. The summed E-state index contributed by atoms with van der Waals surface area (Å²) in [6.07, 6.45) is 5.31. The first-order valence-electron chi connectivity index (χ1n) is 8.08. The van der Waals surface area contributed by atoms with E-state index in [1.54, 1.807) is 23.9 Å². The molecule has 2 aromatic rings. The number of ether oxygens (including phenoxy) is 1. The average molecular weight is 397 g/mol. The van der Waals surface area contributed by atoms with Crippen LogP contribution in [-0.4, -0.2) is 23.3 Å². The number of carbonyl (C=O) groups excluding carboxylic acids is 1. The molecule has 1 heterocycles. The van der Waals surface area contributed by atoms with E-state index >= 15 is 0 Å². The quantitative estimate of drug-likeness (QED) is 0.623.